The van der Waals surface area contributed by atoms with E-state index in [1.807, 2.05) is 0 Å². The smallest absolute Gasteiger partial charge is 0.200 e. The Balaban J connectivity index is 1.66. The minimum atomic E-state index is -0.937. The number of halogens is 4. The topological polar surface area (TPSA) is 9.23 Å². The molecule has 2 aromatic rings. The fraction of sp³-hybridized carbons (Fsp3) is 0.500. The Labute approximate surface area is 170 Å². The predicted molar refractivity (Wildman–Crippen MR) is 106 cm³/mol. The second-order valence-electron chi connectivity index (χ2n) is 7.98. The molecule has 0 aromatic heterocycles. The van der Waals surface area contributed by atoms with Gasteiger partial charge in [0.25, 0.3) is 0 Å². The lowest BCUT2D eigenvalue weighted by Gasteiger charge is -2.30. The van der Waals surface area contributed by atoms with E-state index in [9.17, 15) is 17.6 Å². The molecule has 1 fully saturated rings. The van der Waals surface area contributed by atoms with E-state index < -0.39 is 23.3 Å². The minimum absolute atomic E-state index is 0.0479. The van der Waals surface area contributed by atoms with Crippen molar-refractivity contribution < 1.29 is 22.3 Å². The summed E-state index contributed by atoms with van der Waals surface area (Å²) >= 11 is 0. The first kappa shape index (κ1) is 21.7. The van der Waals surface area contributed by atoms with Crippen molar-refractivity contribution in [2.75, 3.05) is 6.61 Å². The molecule has 0 aliphatic heterocycles. The Morgan fingerprint density at radius 2 is 1.31 bits per heavy atom. The molecule has 0 saturated heterocycles. The average Bonchev–Trinajstić information content (AvgIpc) is 2.73. The molecule has 29 heavy (non-hydrogen) atoms. The lowest BCUT2D eigenvalue weighted by atomic mass is 9.75. The van der Waals surface area contributed by atoms with Crippen LogP contribution in [0.2, 0.25) is 0 Å². The van der Waals surface area contributed by atoms with Crippen molar-refractivity contribution in [1.29, 1.82) is 0 Å². The van der Waals surface area contributed by atoms with Crippen LogP contribution in [0.5, 0.6) is 5.75 Å². The van der Waals surface area contributed by atoms with E-state index in [-0.39, 0.29) is 23.1 Å². The minimum Gasteiger partial charge on any atom is -0.490 e. The van der Waals surface area contributed by atoms with Crippen LogP contribution in [0.15, 0.2) is 24.3 Å². The van der Waals surface area contributed by atoms with Gasteiger partial charge in [-0.15, -0.1) is 0 Å². The number of rotatable bonds is 7. The number of hydrogen-bond donors (Lipinski definition) is 0. The van der Waals surface area contributed by atoms with Crippen molar-refractivity contribution in [2.24, 2.45) is 0 Å². The van der Waals surface area contributed by atoms with E-state index in [0.29, 0.717) is 43.4 Å². The van der Waals surface area contributed by atoms with Gasteiger partial charge in [0.15, 0.2) is 23.2 Å². The Morgan fingerprint density at radius 3 is 1.90 bits per heavy atom. The van der Waals surface area contributed by atoms with Crippen molar-refractivity contribution in [3.05, 3.63) is 64.2 Å². The maximum atomic E-state index is 14.6. The third-order valence-corrected chi connectivity index (χ3v) is 5.99. The average molecular weight is 408 g/mol. The number of hydrogen-bond acceptors (Lipinski definition) is 1. The van der Waals surface area contributed by atoms with Crippen molar-refractivity contribution in [3.8, 4) is 5.75 Å². The molecular weight excluding hydrogens is 380 g/mol. The standard InChI is InChI=1S/C24H28F4O/c1-3-4-5-14-29-20-13-12-19(23(27)24(20)28)17-9-7-16(8-10-17)18-11-6-15(2)21(25)22(18)26/h6,11-13,16-17H,3-5,7-10,14H2,1-2H3. The third kappa shape index (κ3) is 4.76. The van der Waals surface area contributed by atoms with Crippen LogP contribution < -0.4 is 4.74 Å². The zero-order valence-corrected chi connectivity index (χ0v) is 17.0. The molecule has 5 heteroatoms. The van der Waals surface area contributed by atoms with Crippen LogP contribution >= 0.6 is 0 Å². The highest BCUT2D eigenvalue weighted by molar-refractivity contribution is 5.34. The molecule has 0 heterocycles. The largest absolute Gasteiger partial charge is 0.490 e. The number of benzene rings is 2. The fourth-order valence-electron chi connectivity index (χ4n) is 4.20. The second-order valence-corrected chi connectivity index (χ2v) is 7.98. The van der Waals surface area contributed by atoms with Crippen LogP contribution in [0, 0.1) is 30.2 Å². The Morgan fingerprint density at radius 1 is 0.759 bits per heavy atom. The lowest BCUT2D eigenvalue weighted by Crippen LogP contribution is -2.15. The van der Waals surface area contributed by atoms with Gasteiger partial charge in [-0.05, 0) is 73.6 Å². The number of ether oxygens (including phenoxy) is 1. The zero-order chi connectivity index (χ0) is 21.0. The van der Waals surface area contributed by atoms with Gasteiger partial charge in [-0.2, -0.15) is 4.39 Å². The normalized spacial score (nSPS) is 19.4. The SMILES string of the molecule is CCCCCOc1ccc(C2CCC(c3ccc(C)c(F)c3F)CC2)c(F)c1F. The summed E-state index contributed by atoms with van der Waals surface area (Å²) in [7, 11) is 0. The Kier molecular flexibility index (Phi) is 7.20. The van der Waals surface area contributed by atoms with Gasteiger partial charge < -0.3 is 4.74 Å². The lowest BCUT2D eigenvalue weighted by molar-refractivity contribution is 0.284. The van der Waals surface area contributed by atoms with Gasteiger partial charge in [0.1, 0.15) is 0 Å². The van der Waals surface area contributed by atoms with Crippen LogP contribution in [0.4, 0.5) is 17.6 Å². The van der Waals surface area contributed by atoms with Crippen molar-refractivity contribution >= 4 is 0 Å². The molecule has 1 saturated carbocycles. The quantitative estimate of drug-likeness (QED) is 0.339. The van der Waals surface area contributed by atoms with E-state index >= 15 is 0 Å². The summed E-state index contributed by atoms with van der Waals surface area (Å²) in [5.41, 5.74) is 1.01. The highest BCUT2D eigenvalue weighted by atomic mass is 19.2. The van der Waals surface area contributed by atoms with E-state index in [4.69, 9.17) is 4.74 Å². The zero-order valence-electron chi connectivity index (χ0n) is 17.0. The number of unbranched alkanes of at least 4 members (excludes halogenated alkanes) is 2. The van der Waals surface area contributed by atoms with Gasteiger partial charge in [0.05, 0.1) is 6.61 Å². The molecular formula is C24H28F4O. The molecule has 0 radical (unpaired) electrons. The maximum Gasteiger partial charge on any atom is 0.200 e. The van der Waals surface area contributed by atoms with Gasteiger partial charge in [0, 0.05) is 0 Å². The monoisotopic (exact) mass is 408 g/mol. The number of aryl methyl sites for hydroxylation is 1. The molecule has 0 bridgehead atoms. The molecule has 3 rings (SSSR count). The highest BCUT2D eigenvalue weighted by Crippen LogP contribution is 2.43. The van der Waals surface area contributed by atoms with Crippen LogP contribution in [-0.2, 0) is 0 Å². The predicted octanol–water partition coefficient (Wildman–Crippen LogP) is 7.56. The summed E-state index contributed by atoms with van der Waals surface area (Å²) in [6.45, 7) is 3.97. The van der Waals surface area contributed by atoms with E-state index in [2.05, 4.69) is 6.92 Å². The summed E-state index contributed by atoms with van der Waals surface area (Å²) in [5, 5.41) is 0. The van der Waals surface area contributed by atoms with Crippen molar-refractivity contribution in [1.82, 2.24) is 0 Å². The van der Waals surface area contributed by atoms with Crippen molar-refractivity contribution in [2.45, 2.75) is 70.6 Å². The molecule has 0 amide bonds. The highest BCUT2D eigenvalue weighted by Gasteiger charge is 2.29. The molecule has 1 nitrogen and oxygen atoms in total. The fourth-order valence-corrected chi connectivity index (χ4v) is 4.20. The molecule has 158 valence electrons. The molecule has 0 N–H and O–H groups in total. The summed E-state index contributed by atoms with van der Waals surface area (Å²) in [5.74, 6) is -3.65. The first-order chi connectivity index (χ1) is 13.9. The van der Waals surface area contributed by atoms with E-state index in [1.165, 1.54) is 13.0 Å². The van der Waals surface area contributed by atoms with E-state index in [1.54, 1.807) is 18.2 Å². The molecule has 0 atom stereocenters. The van der Waals surface area contributed by atoms with Gasteiger partial charge in [-0.1, -0.05) is 38.0 Å². The van der Waals surface area contributed by atoms with Crippen LogP contribution in [0.3, 0.4) is 0 Å². The van der Waals surface area contributed by atoms with Crippen LogP contribution in [0.25, 0.3) is 0 Å². The molecule has 0 spiro atoms. The van der Waals surface area contributed by atoms with Crippen LogP contribution in [-0.4, -0.2) is 6.61 Å². The Bertz CT molecular complexity index is 841. The first-order valence-corrected chi connectivity index (χ1v) is 10.5. The second kappa shape index (κ2) is 9.64. The van der Waals surface area contributed by atoms with Gasteiger partial charge >= 0.3 is 0 Å². The maximum absolute atomic E-state index is 14.6. The Hall–Kier alpha value is -2.04. The van der Waals surface area contributed by atoms with Gasteiger partial charge in [-0.3, -0.25) is 0 Å². The molecule has 2 aromatic carbocycles. The third-order valence-electron chi connectivity index (χ3n) is 5.99. The van der Waals surface area contributed by atoms with Crippen LogP contribution in [0.1, 0.15) is 80.4 Å². The molecule has 1 aliphatic carbocycles. The van der Waals surface area contributed by atoms with Crippen molar-refractivity contribution in [3.63, 3.8) is 0 Å². The molecule has 0 unspecified atom stereocenters. The first-order valence-electron chi connectivity index (χ1n) is 10.5. The summed E-state index contributed by atoms with van der Waals surface area (Å²) in [4.78, 5) is 0. The summed E-state index contributed by atoms with van der Waals surface area (Å²) in [6.07, 6.45) is 5.25. The van der Waals surface area contributed by atoms with Gasteiger partial charge in [0.2, 0.25) is 5.82 Å². The summed E-state index contributed by atoms with van der Waals surface area (Å²) in [6, 6.07) is 6.34. The van der Waals surface area contributed by atoms with Gasteiger partial charge in [-0.25, -0.2) is 13.2 Å². The molecule has 1 aliphatic rings. The van der Waals surface area contributed by atoms with E-state index in [0.717, 1.165) is 19.3 Å². The summed E-state index contributed by atoms with van der Waals surface area (Å²) < 4.78 is 62.6.